The van der Waals surface area contributed by atoms with Crippen molar-refractivity contribution in [2.75, 3.05) is 33.7 Å². The second-order valence-electron chi connectivity index (χ2n) is 5.23. The quantitative estimate of drug-likeness (QED) is 0.715. The molecule has 1 rings (SSSR count). The Morgan fingerprint density at radius 2 is 1.73 bits per heavy atom. The van der Waals surface area contributed by atoms with E-state index >= 15 is 0 Å². The summed E-state index contributed by atoms with van der Waals surface area (Å²) in [5, 5.41) is -1.85. The molecule has 1 aliphatic rings. The molecule has 1 aliphatic heterocycles. The van der Waals surface area contributed by atoms with E-state index < -0.39 is 50.7 Å². The van der Waals surface area contributed by atoms with E-state index in [1.165, 1.54) is 0 Å². The molecule has 0 aromatic carbocycles. The molecule has 0 aliphatic carbocycles. The molecule has 0 aromatic rings. The fourth-order valence-corrected chi connectivity index (χ4v) is 5.16. The lowest BCUT2D eigenvalue weighted by atomic mass is 10.1. The number of nitrogens with zero attached hydrogens (tertiary/aromatic N) is 2. The van der Waals surface area contributed by atoms with Crippen molar-refractivity contribution < 1.29 is 30.0 Å². The standard InChI is InChI=1S/C10H20F3N3O4S2/c1-4-5-14-22(19,20)16-6-8(10(11,12)13)9(7-16)21(17,18)15(2)3/h8-9,14H,4-7H2,1-3H3/t8-,9-/m0/s1. The van der Waals surface area contributed by atoms with Gasteiger partial charge in [0.25, 0.3) is 10.2 Å². The number of rotatable bonds is 6. The lowest BCUT2D eigenvalue weighted by Gasteiger charge is -2.23. The molecule has 1 saturated heterocycles. The maximum Gasteiger partial charge on any atom is 0.394 e. The van der Waals surface area contributed by atoms with Crippen LogP contribution in [0.2, 0.25) is 0 Å². The molecule has 0 bridgehead atoms. The van der Waals surface area contributed by atoms with Crippen LogP contribution >= 0.6 is 0 Å². The Morgan fingerprint density at radius 3 is 2.14 bits per heavy atom. The topological polar surface area (TPSA) is 86.8 Å². The summed E-state index contributed by atoms with van der Waals surface area (Å²) in [6.45, 7) is 0.148. The van der Waals surface area contributed by atoms with Crippen LogP contribution in [0.5, 0.6) is 0 Å². The van der Waals surface area contributed by atoms with Gasteiger partial charge in [0.2, 0.25) is 10.0 Å². The molecule has 0 unspecified atom stereocenters. The minimum Gasteiger partial charge on any atom is -0.212 e. The molecular weight excluding hydrogens is 347 g/mol. The van der Waals surface area contributed by atoms with Crippen LogP contribution in [-0.4, -0.2) is 70.6 Å². The average molecular weight is 367 g/mol. The summed E-state index contributed by atoms with van der Waals surface area (Å²) < 4.78 is 90.7. The summed E-state index contributed by atoms with van der Waals surface area (Å²) >= 11 is 0. The van der Waals surface area contributed by atoms with Crippen LogP contribution in [0.25, 0.3) is 0 Å². The van der Waals surface area contributed by atoms with Gasteiger partial charge in [-0.1, -0.05) is 6.92 Å². The first-order valence-electron chi connectivity index (χ1n) is 6.56. The third kappa shape index (κ3) is 4.10. The molecule has 0 saturated carbocycles. The van der Waals surface area contributed by atoms with Gasteiger partial charge >= 0.3 is 6.18 Å². The minimum atomic E-state index is -4.80. The lowest BCUT2D eigenvalue weighted by Crippen LogP contribution is -2.43. The highest BCUT2D eigenvalue weighted by Crippen LogP contribution is 2.38. The number of halogens is 3. The Balaban J connectivity index is 3.13. The summed E-state index contributed by atoms with van der Waals surface area (Å²) in [4.78, 5) is 0. The van der Waals surface area contributed by atoms with Crippen molar-refractivity contribution in [3.63, 3.8) is 0 Å². The van der Waals surface area contributed by atoms with E-state index in [0.29, 0.717) is 15.0 Å². The predicted molar refractivity (Wildman–Crippen MR) is 74.7 cm³/mol. The van der Waals surface area contributed by atoms with E-state index in [2.05, 4.69) is 4.72 Å². The maximum atomic E-state index is 13.1. The van der Waals surface area contributed by atoms with Crippen LogP contribution in [0.15, 0.2) is 0 Å². The molecule has 12 heteroatoms. The van der Waals surface area contributed by atoms with Crippen LogP contribution in [0.4, 0.5) is 13.2 Å². The van der Waals surface area contributed by atoms with Crippen molar-refractivity contribution in [1.29, 1.82) is 0 Å². The van der Waals surface area contributed by atoms with Crippen molar-refractivity contribution in [1.82, 2.24) is 13.3 Å². The smallest absolute Gasteiger partial charge is 0.212 e. The molecule has 0 aromatic heterocycles. The first kappa shape index (κ1) is 19.6. The zero-order valence-electron chi connectivity index (χ0n) is 12.5. The van der Waals surface area contributed by atoms with Gasteiger partial charge in [0.15, 0.2) is 0 Å². The predicted octanol–water partition coefficient (Wildman–Crippen LogP) is -0.0151. The van der Waals surface area contributed by atoms with Gasteiger partial charge in [-0.3, -0.25) is 0 Å². The Kier molecular flexibility index (Phi) is 5.88. The van der Waals surface area contributed by atoms with Crippen LogP contribution in [0.1, 0.15) is 13.3 Å². The van der Waals surface area contributed by atoms with Gasteiger partial charge in [0, 0.05) is 33.7 Å². The van der Waals surface area contributed by atoms with E-state index in [1.807, 2.05) is 0 Å². The van der Waals surface area contributed by atoms with E-state index in [1.54, 1.807) is 6.92 Å². The SMILES string of the molecule is CCCNS(=O)(=O)N1C[C@H](C(F)(F)F)[C@@H](S(=O)(=O)N(C)C)C1. The third-order valence-electron chi connectivity index (χ3n) is 3.42. The molecule has 132 valence electrons. The van der Waals surface area contributed by atoms with Crippen LogP contribution < -0.4 is 4.72 Å². The normalized spacial score (nSPS) is 25.0. The molecule has 0 radical (unpaired) electrons. The molecule has 7 nitrogen and oxygen atoms in total. The summed E-state index contributed by atoms with van der Waals surface area (Å²) in [6.07, 6.45) is -4.34. The van der Waals surface area contributed by atoms with Crippen LogP contribution in [0.3, 0.4) is 0 Å². The number of sulfonamides is 1. The van der Waals surface area contributed by atoms with Crippen molar-refractivity contribution in [3.05, 3.63) is 0 Å². The van der Waals surface area contributed by atoms with Crippen LogP contribution in [-0.2, 0) is 20.2 Å². The Bertz CT molecular complexity index is 589. The van der Waals surface area contributed by atoms with Crippen molar-refractivity contribution in [3.8, 4) is 0 Å². The third-order valence-corrected chi connectivity index (χ3v) is 7.23. The molecule has 1 fully saturated rings. The highest BCUT2D eigenvalue weighted by atomic mass is 32.2. The van der Waals surface area contributed by atoms with Gasteiger partial charge in [-0.15, -0.1) is 0 Å². The zero-order valence-corrected chi connectivity index (χ0v) is 14.1. The molecule has 2 atom stereocenters. The number of hydrogen-bond donors (Lipinski definition) is 1. The molecule has 22 heavy (non-hydrogen) atoms. The number of nitrogens with one attached hydrogen (secondary N) is 1. The van der Waals surface area contributed by atoms with Crippen molar-refractivity contribution >= 4 is 20.2 Å². The first-order valence-corrected chi connectivity index (χ1v) is 9.51. The molecule has 1 N–H and O–H groups in total. The second-order valence-corrected chi connectivity index (χ2v) is 9.35. The molecule has 1 heterocycles. The lowest BCUT2D eigenvalue weighted by molar-refractivity contribution is -0.168. The second kappa shape index (κ2) is 6.59. The maximum absolute atomic E-state index is 13.1. The molecular formula is C10H20F3N3O4S2. The van der Waals surface area contributed by atoms with E-state index in [4.69, 9.17) is 0 Å². The van der Waals surface area contributed by atoms with Crippen LogP contribution in [0, 0.1) is 5.92 Å². The van der Waals surface area contributed by atoms with E-state index in [0.717, 1.165) is 14.1 Å². The van der Waals surface area contributed by atoms with Crippen molar-refractivity contribution in [2.45, 2.75) is 24.8 Å². The Morgan fingerprint density at radius 1 is 1.18 bits per heavy atom. The summed E-state index contributed by atoms with van der Waals surface area (Å²) in [5.74, 6) is -2.25. The zero-order chi connectivity index (χ0) is 17.3. The van der Waals surface area contributed by atoms with Crippen molar-refractivity contribution in [2.24, 2.45) is 5.92 Å². The highest BCUT2D eigenvalue weighted by Gasteiger charge is 2.57. The van der Waals surface area contributed by atoms with Gasteiger partial charge in [0.05, 0.1) is 5.92 Å². The number of alkyl halides is 3. The Hall–Kier alpha value is -0.430. The Labute approximate surface area is 128 Å². The highest BCUT2D eigenvalue weighted by molar-refractivity contribution is 7.90. The fourth-order valence-electron chi connectivity index (χ4n) is 2.14. The largest absolute Gasteiger partial charge is 0.394 e. The number of hydrogen-bond acceptors (Lipinski definition) is 4. The summed E-state index contributed by atoms with van der Waals surface area (Å²) in [5.41, 5.74) is 0. The molecule has 0 spiro atoms. The summed E-state index contributed by atoms with van der Waals surface area (Å²) in [6, 6.07) is 0. The van der Waals surface area contributed by atoms with Gasteiger partial charge in [-0.2, -0.15) is 25.9 Å². The summed E-state index contributed by atoms with van der Waals surface area (Å²) in [7, 11) is -6.14. The molecule has 0 amide bonds. The monoisotopic (exact) mass is 367 g/mol. The van der Waals surface area contributed by atoms with Gasteiger partial charge in [0.1, 0.15) is 5.25 Å². The van der Waals surface area contributed by atoms with Gasteiger partial charge < -0.3 is 0 Å². The van der Waals surface area contributed by atoms with Gasteiger partial charge in [-0.05, 0) is 6.42 Å². The fraction of sp³-hybridized carbons (Fsp3) is 1.00. The van der Waals surface area contributed by atoms with E-state index in [9.17, 15) is 30.0 Å². The minimum absolute atomic E-state index is 0.0701. The first-order chi connectivity index (χ1) is 9.84. The van der Waals surface area contributed by atoms with E-state index in [-0.39, 0.29) is 6.54 Å². The average Bonchev–Trinajstić information content (AvgIpc) is 2.82. The van der Waals surface area contributed by atoms with Gasteiger partial charge in [-0.25, -0.2) is 17.4 Å².